The Balaban J connectivity index is 1.76. The minimum Gasteiger partial charge on any atom is -0.355 e. The first kappa shape index (κ1) is 18.6. The lowest BCUT2D eigenvalue weighted by Crippen LogP contribution is -2.35. The van der Waals surface area contributed by atoms with E-state index in [1.807, 2.05) is 37.3 Å². The molecule has 4 nitrogen and oxygen atoms in total. The van der Waals surface area contributed by atoms with Crippen LogP contribution < -0.4 is 5.32 Å². The van der Waals surface area contributed by atoms with Crippen LogP contribution in [0.25, 0.3) is 0 Å². The van der Waals surface area contributed by atoms with Crippen molar-refractivity contribution in [1.29, 1.82) is 0 Å². The van der Waals surface area contributed by atoms with Crippen LogP contribution in [0.3, 0.4) is 0 Å². The quantitative estimate of drug-likeness (QED) is 0.750. The first-order valence-electron chi connectivity index (χ1n) is 8.41. The number of carbonyl (C=O) groups excluding carboxylic acids is 2. The highest BCUT2D eigenvalue weighted by molar-refractivity contribution is 5.96. The predicted octanol–water partition coefficient (Wildman–Crippen LogP) is 2.92. The lowest BCUT2D eigenvalue weighted by Gasteiger charge is -2.20. The highest BCUT2D eigenvalue weighted by Gasteiger charge is 2.16. The third-order valence-electron chi connectivity index (χ3n) is 3.91. The van der Waals surface area contributed by atoms with E-state index in [4.69, 9.17) is 0 Å². The summed E-state index contributed by atoms with van der Waals surface area (Å²) in [5.41, 5.74) is 1.97. The lowest BCUT2D eigenvalue weighted by molar-refractivity contribution is -0.136. The Morgan fingerprint density at radius 2 is 1.68 bits per heavy atom. The zero-order chi connectivity index (χ0) is 18.1. The van der Waals surface area contributed by atoms with Crippen LogP contribution in [-0.4, -0.2) is 29.8 Å². The van der Waals surface area contributed by atoms with E-state index in [9.17, 15) is 14.0 Å². The molecule has 0 radical (unpaired) electrons. The molecule has 132 valence electrons. The van der Waals surface area contributed by atoms with Crippen LogP contribution in [0, 0.1) is 5.82 Å². The number of hydrogen-bond acceptors (Lipinski definition) is 2. The van der Waals surface area contributed by atoms with E-state index in [1.54, 1.807) is 17.0 Å². The third-order valence-corrected chi connectivity index (χ3v) is 3.91. The molecule has 0 saturated carbocycles. The molecule has 25 heavy (non-hydrogen) atoms. The van der Waals surface area contributed by atoms with Gasteiger partial charge in [0.25, 0.3) is 0 Å². The second-order valence-corrected chi connectivity index (χ2v) is 5.80. The van der Waals surface area contributed by atoms with Crippen molar-refractivity contribution < 1.29 is 14.0 Å². The Morgan fingerprint density at radius 3 is 2.32 bits per heavy atom. The number of nitrogens with one attached hydrogen (secondary N) is 1. The monoisotopic (exact) mass is 342 g/mol. The van der Waals surface area contributed by atoms with Gasteiger partial charge in [-0.15, -0.1) is 0 Å². The van der Waals surface area contributed by atoms with E-state index in [-0.39, 0.29) is 24.1 Å². The fourth-order valence-electron chi connectivity index (χ4n) is 2.49. The highest BCUT2D eigenvalue weighted by Crippen LogP contribution is 2.06. The van der Waals surface area contributed by atoms with Crippen LogP contribution in [0.5, 0.6) is 0 Å². The van der Waals surface area contributed by atoms with Gasteiger partial charge < -0.3 is 10.2 Å². The van der Waals surface area contributed by atoms with Gasteiger partial charge in [-0.2, -0.15) is 0 Å². The summed E-state index contributed by atoms with van der Waals surface area (Å²) in [5.74, 6) is -0.763. The van der Waals surface area contributed by atoms with Gasteiger partial charge >= 0.3 is 0 Å². The molecule has 0 aliphatic heterocycles. The number of rotatable bonds is 8. The summed E-state index contributed by atoms with van der Waals surface area (Å²) >= 11 is 0. The number of benzene rings is 2. The van der Waals surface area contributed by atoms with Gasteiger partial charge in [-0.3, -0.25) is 9.59 Å². The van der Waals surface area contributed by atoms with Crippen LogP contribution in [0.2, 0.25) is 0 Å². The molecule has 2 aromatic rings. The third kappa shape index (κ3) is 6.37. The summed E-state index contributed by atoms with van der Waals surface area (Å²) in [6.07, 6.45) is 0.436. The molecule has 0 aromatic heterocycles. The normalized spacial score (nSPS) is 10.3. The van der Waals surface area contributed by atoms with E-state index in [0.29, 0.717) is 26.1 Å². The Labute approximate surface area is 147 Å². The zero-order valence-corrected chi connectivity index (χ0v) is 14.4. The molecule has 2 amide bonds. The topological polar surface area (TPSA) is 49.4 Å². The maximum atomic E-state index is 12.8. The first-order chi connectivity index (χ1) is 12.1. The molecule has 0 unspecified atom stereocenters. The summed E-state index contributed by atoms with van der Waals surface area (Å²) in [6.45, 7) is 3.37. The van der Waals surface area contributed by atoms with Crippen LogP contribution in [0.15, 0.2) is 54.6 Å². The molecule has 0 aliphatic rings. The first-order valence-corrected chi connectivity index (χ1v) is 8.41. The van der Waals surface area contributed by atoms with E-state index in [2.05, 4.69) is 5.32 Å². The fourth-order valence-corrected chi connectivity index (χ4v) is 2.49. The van der Waals surface area contributed by atoms with Crippen molar-refractivity contribution in [3.05, 3.63) is 71.5 Å². The van der Waals surface area contributed by atoms with Gasteiger partial charge in [0.05, 0.1) is 0 Å². The molecule has 0 atom stereocenters. The number of carbonyl (C=O) groups is 2. The zero-order valence-electron chi connectivity index (χ0n) is 14.4. The Morgan fingerprint density at radius 1 is 1.00 bits per heavy atom. The van der Waals surface area contributed by atoms with Gasteiger partial charge in [0.1, 0.15) is 12.2 Å². The molecule has 2 rings (SSSR count). The molecule has 0 aliphatic carbocycles. The molecule has 0 fully saturated rings. The summed E-state index contributed by atoms with van der Waals surface area (Å²) in [5, 5.41) is 2.74. The average Bonchev–Trinajstić information content (AvgIpc) is 2.62. The second-order valence-electron chi connectivity index (χ2n) is 5.80. The van der Waals surface area contributed by atoms with E-state index in [1.165, 1.54) is 12.1 Å². The van der Waals surface area contributed by atoms with Gasteiger partial charge in [-0.25, -0.2) is 4.39 Å². The summed E-state index contributed by atoms with van der Waals surface area (Å²) in [7, 11) is 0. The lowest BCUT2D eigenvalue weighted by atomic mass is 10.1. The molecule has 5 heteroatoms. The van der Waals surface area contributed by atoms with Crippen molar-refractivity contribution in [1.82, 2.24) is 10.2 Å². The predicted molar refractivity (Wildman–Crippen MR) is 95.3 cm³/mol. The average molecular weight is 342 g/mol. The van der Waals surface area contributed by atoms with Gasteiger partial charge in [0, 0.05) is 19.6 Å². The second kappa shape index (κ2) is 9.57. The van der Waals surface area contributed by atoms with Gasteiger partial charge in [0.15, 0.2) is 0 Å². The standard InChI is InChI=1S/C20H23FN2O2/c1-2-23(15-17-6-4-3-5-7-17)20(25)14-19(24)22-13-12-16-8-10-18(21)11-9-16/h3-11H,2,12-15H2,1H3,(H,22,24). The van der Waals surface area contributed by atoms with E-state index >= 15 is 0 Å². The molecule has 0 bridgehead atoms. The van der Waals surface area contributed by atoms with Crippen molar-refractivity contribution in [2.75, 3.05) is 13.1 Å². The van der Waals surface area contributed by atoms with Crippen molar-refractivity contribution in [3.63, 3.8) is 0 Å². The van der Waals surface area contributed by atoms with Crippen LogP contribution in [-0.2, 0) is 22.6 Å². The Bertz CT molecular complexity index is 687. The number of amides is 2. The Hall–Kier alpha value is -2.69. The van der Waals surface area contributed by atoms with Crippen molar-refractivity contribution >= 4 is 11.8 Å². The van der Waals surface area contributed by atoms with Gasteiger partial charge in [0.2, 0.25) is 11.8 Å². The largest absolute Gasteiger partial charge is 0.355 e. The Kier molecular flexibility index (Phi) is 7.14. The van der Waals surface area contributed by atoms with Crippen LogP contribution in [0.1, 0.15) is 24.5 Å². The SMILES string of the molecule is CCN(Cc1ccccc1)C(=O)CC(=O)NCCc1ccc(F)cc1. The minimum absolute atomic E-state index is 0.163. The maximum absolute atomic E-state index is 12.8. The van der Waals surface area contributed by atoms with Gasteiger partial charge in [-0.1, -0.05) is 42.5 Å². The number of halogens is 1. The van der Waals surface area contributed by atoms with Gasteiger partial charge in [-0.05, 0) is 36.6 Å². The molecular formula is C20H23FN2O2. The molecule has 0 spiro atoms. The maximum Gasteiger partial charge on any atom is 0.232 e. The fraction of sp³-hybridized carbons (Fsp3) is 0.300. The van der Waals surface area contributed by atoms with Crippen LogP contribution in [0.4, 0.5) is 4.39 Å². The summed E-state index contributed by atoms with van der Waals surface area (Å²) in [4.78, 5) is 25.9. The molecule has 0 saturated heterocycles. The van der Waals surface area contributed by atoms with Crippen molar-refractivity contribution in [2.45, 2.75) is 26.3 Å². The van der Waals surface area contributed by atoms with Crippen LogP contribution >= 0.6 is 0 Å². The van der Waals surface area contributed by atoms with E-state index in [0.717, 1.165) is 11.1 Å². The van der Waals surface area contributed by atoms with E-state index < -0.39 is 0 Å². The highest BCUT2D eigenvalue weighted by atomic mass is 19.1. The number of nitrogens with zero attached hydrogens (tertiary/aromatic N) is 1. The molecular weight excluding hydrogens is 319 g/mol. The molecule has 0 heterocycles. The molecule has 2 aromatic carbocycles. The van der Waals surface area contributed by atoms with Crippen molar-refractivity contribution in [3.8, 4) is 0 Å². The minimum atomic E-state index is -0.293. The smallest absolute Gasteiger partial charge is 0.232 e. The van der Waals surface area contributed by atoms with Crippen molar-refractivity contribution in [2.24, 2.45) is 0 Å². The number of hydrogen-bond donors (Lipinski definition) is 1. The summed E-state index contributed by atoms with van der Waals surface area (Å²) in [6, 6.07) is 15.8. The molecule has 1 N–H and O–H groups in total. The summed E-state index contributed by atoms with van der Waals surface area (Å²) < 4.78 is 12.8.